The molecular weight excluding hydrogens is 294 g/mol. The van der Waals surface area contributed by atoms with Crippen molar-refractivity contribution < 1.29 is 4.79 Å². The summed E-state index contributed by atoms with van der Waals surface area (Å²) in [4.78, 5) is 21.6. The fourth-order valence-electron chi connectivity index (χ4n) is 2.95. The lowest BCUT2D eigenvalue weighted by Gasteiger charge is -2.07. The number of Topliss-reactive ketones (excluding diaryl/α,β-unsaturated/α-hetero) is 1. The molecule has 0 saturated carbocycles. The molecule has 3 aromatic rings. The largest absolute Gasteiger partial charge is 0.327 e. The van der Waals surface area contributed by atoms with E-state index in [1.54, 1.807) is 18.3 Å². The molecule has 0 fully saturated rings. The Morgan fingerprint density at radius 2 is 2.14 bits per heavy atom. The Bertz CT molecular complexity index is 848. The maximum Gasteiger partial charge on any atom is 0.160 e. The molecule has 1 aliphatic heterocycles. The molecule has 0 spiro atoms. The number of pyridine rings is 1. The number of aromatic nitrogens is 3. The van der Waals surface area contributed by atoms with Gasteiger partial charge in [-0.1, -0.05) is 0 Å². The smallest absolute Gasteiger partial charge is 0.160 e. The van der Waals surface area contributed by atoms with Crippen LogP contribution in [0.3, 0.4) is 0 Å². The molecule has 3 aromatic heterocycles. The van der Waals surface area contributed by atoms with Crippen LogP contribution in [0.15, 0.2) is 36.0 Å². The first-order valence-electron chi connectivity index (χ1n) is 7.33. The molecule has 0 N–H and O–H groups in total. The van der Waals surface area contributed by atoms with Crippen molar-refractivity contribution >= 4 is 17.1 Å². The molecule has 0 aromatic carbocycles. The number of hydrogen-bond donors (Lipinski definition) is 0. The van der Waals surface area contributed by atoms with E-state index in [0.717, 1.165) is 52.6 Å². The number of hydrogen-bond acceptors (Lipinski definition) is 4. The predicted molar refractivity (Wildman–Crippen MR) is 87.1 cm³/mol. The third-order valence-electron chi connectivity index (χ3n) is 4.02. The van der Waals surface area contributed by atoms with Gasteiger partial charge in [-0.2, -0.15) is 0 Å². The first-order chi connectivity index (χ1) is 10.7. The molecule has 4 rings (SSSR count). The fourth-order valence-corrected chi connectivity index (χ4v) is 3.88. The Hall–Kier alpha value is -2.27. The molecule has 0 saturated heterocycles. The van der Waals surface area contributed by atoms with Crippen molar-refractivity contribution in [2.24, 2.45) is 0 Å². The summed E-state index contributed by atoms with van der Waals surface area (Å²) in [7, 11) is 0. The molecular formula is C17H15N3OS. The molecule has 0 unspecified atom stereocenters. The molecule has 22 heavy (non-hydrogen) atoms. The lowest BCUT2D eigenvalue weighted by atomic mass is 10.1. The van der Waals surface area contributed by atoms with E-state index in [2.05, 4.69) is 9.55 Å². The number of rotatable bonds is 3. The van der Waals surface area contributed by atoms with Gasteiger partial charge >= 0.3 is 0 Å². The molecule has 0 aliphatic carbocycles. The number of ketones is 1. The van der Waals surface area contributed by atoms with E-state index >= 15 is 0 Å². The van der Waals surface area contributed by atoms with Crippen LogP contribution in [-0.4, -0.2) is 20.3 Å². The van der Waals surface area contributed by atoms with Gasteiger partial charge in [-0.25, -0.2) is 4.98 Å². The normalized spacial score (nSPS) is 13.3. The third-order valence-corrected chi connectivity index (χ3v) is 4.96. The SMILES string of the molecule is CC(=O)c1csc(-c2nc3n(c2-c2ccncc2)CCC3)c1. The van der Waals surface area contributed by atoms with Crippen LogP contribution in [0.25, 0.3) is 21.8 Å². The third kappa shape index (κ3) is 2.09. The van der Waals surface area contributed by atoms with Crippen molar-refractivity contribution in [3.05, 3.63) is 47.4 Å². The van der Waals surface area contributed by atoms with Gasteiger partial charge in [-0.3, -0.25) is 9.78 Å². The first-order valence-corrected chi connectivity index (χ1v) is 8.21. The summed E-state index contributed by atoms with van der Waals surface area (Å²) >= 11 is 1.58. The van der Waals surface area contributed by atoms with Gasteiger partial charge in [-0.05, 0) is 31.5 Å². The van der Waals surface area contributed by atoms with E-state index < -0.39 is 0 Å². The predicted octanol–water partition coefficient (Wildman–Crippen LogP) is 3.82. The average Bonchev–Trinajstić information content (AvgIpc) is 3.22. The Balaban J connectivity index is 1.91. The van der Waals surface area contributed by atoms with E-state index in [-0.39, 0.29) is 5.78 Å². The number of carbonyl (C=O) groups excluding carboxylic acids is 1. The first kappa shape index (κ1) is 13.4. The van der Waals surface area contributed by atoms with Gasteiger partial charge in [0, 0.05) is 41.9 Å². The van der Waals surface area contributed by atoms with E-state index in [9.17, 15) is 4.79 Å². The summed E-state index contributed by atoms with van der Waals surface area (Å²) in [5.74, 6) is 1.24. The zero-order valence-corrected chi connectivity index (χ0v) is 13.1. The minimum absolute atomic E-state index is 0.0970. The van der Waals surface area contributed by atoms with Gasteiger partial charge in [0.2, 0.25) is 0 Å². The molecule has 0 atom stereocenters. The minimum atomic E-state index is 0.0970. The van der Waals surface area contributed by atoms with Crippen molar-refractivity contribution in [3.8, 4) is 21.8 Å². The quantitative estimate of drug-likeness (QED) is 0.691. The molecule has 110 valence electrons. The summed E-state index contributed by atoms with van der Waals surface area (Å²) in [6.45, 7) is 2.60. The molecule has 0 amide bonds. The number of thiophene rings is 1. The fraction of sp³-hybridized carbons (Fsp3) is 0.235. The van der Waals surface area contributed by atoms with Gasteiger partial charge < -0.3 is 4.57 Å². The van der Waals surface area contributed by atoms with Crippen LogP contribution < -0.4 is 0 Å². The van der Waals surface area contributed by atoms with Gasteiger partial charge in [0.05, 0.1) is 10.6 Å². The molecule has 5 heteroatoms. The van der Waals surface area contributed by atoms with Crippen molar-refractivity contribution in [3.63, 3.8) is 0 Å². The lowest BCUT2D eigenvalue weighted by Crippen LogP contribution is -1.96. The van der Waals surface area contributed by atoms with Gasteiger partial charge in [0.1, 0.15) is 11.5 Å². The molecule has 0 bridgehead atoms. The summed E-state index contributed by atoms with van der Waals surface area (Å²) in [6.07, 6.45) is 5.78. The molecule has 1 aliphatic rings. The standard InChI is InChI=1S/C17H15N3OS/c1-11(21)13-9-14(22-10-13)16-17(12-4-6-18-7-5-12)20-8-2-3-15(20)19-16/h4-7,9-10H,2-3,8H2,1H3. The second kappa shape index (κ2) is 5.18. The number of nitrogens with zero attached hydrogens (tertiary/aromatic N) is 3. The van der Waals surface area contributed by atoms with Gasteiger partial charge in [0.15, 0.2) is 5.78 Å². The van der Waals surface area contributed by atoms with Crippen LogP contribution in [0.2, 0.25) is 0 Å². The van der Waals surface area contributed by atoms with Crippen LogP contribution in [0.4, 0.5) is 0 Å². The number of fused-ring (bicyclic) bond motifs is 1. The second-order valence-corrected chi connectivity index (χ2v) is 6.38. The van der Waals surface area contributed by atoms with Gasteiger partial charge in [0.25, 0.3) is 0 Å². The van der Waals surface area contributed by atoms with Crippen molar-refractivity contribution in [2.75, 3.05) is 0 Å². The highest BCUT2D eigenvalue weighted by atomic mass is 32.1. The zero-order chi connectivity index (χ0) is 15.1. The van der Waals surface area contributed by atoms with E-state index in [4.69, 9.17) is 4.98 Å². The topological polar surface area (TPSA) is 47.8 Å². The van der Waals surface area contributed by atoms with Crippen molar-refractivity contribution in [1.29, 1.82) is 0 Å². The number of carbonyl (C=O) groups is 1. The Labute approximate surface area is 132 Å². The van der Waals surface area contributed by atoms with E-state index in [1.807, 2.05) is 36.0 Å². The molecule has 4 nitrogen and oxygen atoms in total. The van der Waals surface area contributed by atoms with Gasteiger partial charge in [-0.15, -0.1) is 11.3 Å². The van der Waals surface area contributed by atoms with Crippen molar-refractivity contribution in [1.82, 2.24) is 14.5 Å². The monoisotopic (exact) mass is 309 g/mol. The van der Waals surface area contributed by atoms with E-state index in [1.165, 1.54) is 0 Å². The highest BCUT2D eigenvalue weighted by Gasteiger charge is 2.24. The minimum Gasteiger partial charge on any atom is -0.327 e. The van der Waals surface area contributed by atoms with Crippen LogP contribution in [0.1, 0.15) is 29.5 Å². The number of aryl methyl sites for hydroxylation is 1. The van der Waals surface area contributed by atoms with Crippen LogP contribution in [-0.2, 0) is 13.0 Å². The maximum absolute atomic E-state index is 11.6. The highest BCUT2D eigenvalue weighted by Crippen LogP contribution is 2.38. The average molecular weight is 309 g/mol. The summed E-state index contributed by atoms with van der Waals surface area (Å²) in [5.41, 5.74) is 4.02. The summed E-state index contributed by atoms with van der Waals surface area (Å²) in [6, 6.07) is 5.99. The highest BCUT2D eigenvalue weighted by molar-refractivity contribution is 7.13. The summed E-state index contributed by atoms with van der Waals surface area (Å²) in [5, 5.41) is 1.92. The molecule has 0 radical (unpaired) electrons. The number of imidazole rings is 1. The summed E-state index contributed by atoms with van der Waals surface area (Å²) < 4.78 is 2.30. The Kier molecular flexibility index (Phi) is 3.15. The Morgan fingerprint density at radius 1 is 1.32 bits per heavy atom. The Morgan fingerprint density at radius 3 is 2.86 bits per heavy atom. The van der Waals surface area contributed by atoms with Crippen LogP contribution in [0, 0.1) is 0 Å². The van der Waals surface area contributed by atoms with Crippen molar-refractivity contribution in [2.45, 2.75) is 26.3 Å². The van der Waals surface area contributed by atoms with Crippen LogP contribution in [0.5, 0.6) is 0 Å². The maximum atomic E-state index is 11.6. The zero-order valence-electron chi connectivity index (χ0n) is 12.2. The lowest BCUT2D eigenvalue weighted by molar-refractivity contribution is 0.101. The molecule has 4 heterocycles. The van der Waals surface area contributed by atoms with E-state index in [0.29, 0.717) is 0 Å². The second-order valence-electron chi connectivity index (χ2n) is 5.47. The van der Waals surface area contributed by atoms with Crippen LogP contribution >= 0.6 is 11.3 Å².